The number of hydrogen-bond donors (Lipinski definition) is 6. The number of benzene rings is 2. The Balaban J connectivity index is 0.000000515. The van der Waals surface area contributed by atoms with Gasteiger partial charge in [-0.15, -0.1) is 0 Å². The molecule has 9 nitrogen and oxygen atoms in total. The van der Waals surface area contributed by atoms with Crippen LogP contribution in [-0.4, -0.2) is 48.7 Å². The summed E-state index contributed by atoms with van der Waals surface area (Å²) in [6, 6.07) is 9.62. The van der Waals surface area contributed by atoms with Crippen molar-refractivity contribution in [3.8, 4) is 11.5 Å². The van der Waals surface area contributed by atoms with Gasteiger partial charge in [-0.05, 0) is 47.9 Å². The molecule has 0 aromatic heterocycles. The highest BCUT2D eigenvalue weighted by Gasteiger charge is 2.14. The van der Waals surface area contributed by atoms with Crippen LogP contribution < -0.4 is 0 Å². The molecule has 0 spiro atoms. The molecular formula is C23H30O9. The van der Waals surface area contributed by atoms with Gasteiger partial charge in [-0.25, -0.2) is 14.4 Å². The fourth-order valence-corrected chi connectivity index (χ4v) is 2.74. The van der Waals surface area contributed by atoms with Crippen LogP contribution in [0, 0.1) is 11.8 Å². The lowest BCUT2D eigenvalue weighted by Crippen LogP contribution is -2.01. The zero-order valence-corrected chi connectivity index (χ0v) is 18.4. The third kappa shape index (κ3) is 10.3. The number of carboxylic acids is 2. The SMILES string of the molecule is CC(C)Cc1cccc(C(=O)O)c1O.CC(C)Cc1cccc(C(=O)O)c1O.O=C(O)O. The summed E-state index contributed by atoms with van der Waals surface area (Å²) in [7, 11) is 0. The molecule has 0 saturated carbocycles. The summed E-state index contributed by atoms with van der Waals surface area (Å²) in [5, 5.41) is 50.7. The molecule has 0 unspecified atom stereocenters. The number of phenols is 2. The van der Waals surface area contributed by atoms with Crippen molar-refractivity contribution < 1.29 is 45.0 Å². The average Bonchev–Trinajstić information content (AvgIpc) is 2.64. The van der Waals surface area contributed by atoms with Crippen LogP contribution in [0.25, 0.3) is 0 Å². The number of aromatic hydroxyl groups is 2. The number of aromatic carboxylic acids is 2. The monoisotopic (exact) mass is 450 g/mol. The Hall–Kier alpha value is -3.75. The minimum Gasteiger partial charge on any atom is -0.507 e. The molecule has 0 atom stereocenters. The molecular weight excluding hydrogens is 420 g/mol. The normalized spacial score (nSPS) is 9.94. The maximum Gasteiger partial charge on any atom is 0.503 e. The van der Waals surface area contributed by atoms with Crippen molar-refractivity contribution in [1.82, 2.24) is 0 Å². The van der Waals surface area contributed by atoms with E-state index >= 15 is 0 Å². The maximum absolute atomic E-state index is 10.7. The summed E-state index contributed by atoms with van der Waals surface area (Å²) in [4.78, 5) is 30.0. The average molecular weight is 450 g/mol. The van der Waals surface area contributed by atoms with E-state index in [9.17, 15) is 19.8 Å². The van der Waals surface area contributed by atoms with Gasteiger partial charge in [0, 0.05) is 0 Å². The molecule has 2 aromatic carbocycles. The molecule has 2 aromatic rings. The Labute approximate surface area is 186 Å². The molecule has 32 heavy (non-hydrogen) atoms. The Bertz CT molecular complexity index is 844. The number of carbonyl (C=O) groups is 3. The third-order valence-electron chi connectivity index (χ3n) is 3.96. The molecule has 0 amide bonds. The van der Waals surface area contributed by atoms with Crippen molar-refractivity contribution in [2.75, 3.05) is 0 Å². The molecule has 0 aliphatic heterocycles. The summed E-state index contributed by atoms with van der Waals surface area (Å²) >= 11 is 0. The van der Waals surface area contributed by atoms with Gasteiger partial charge in [-0.2, -0.15) is 0 Å². The van der Waals surface area contributed by atoms with E-state index < -0.39 is 18.1 Å². The van der Waals surface area contributed by atoms with Crippen molar-refractivity contribution in [1.29, 1.82) is 0 Å². The molecule has 0 aliphatic carbocycles. The second-order valence-corrected chi connectivity index (χ2v) is 7.72. The van der Waals surface area contributed by atoms with Crippen LogP contribution in [0.15, 0.2) is 36.4 Å². The van der Waals surface area contributed by atoms with Crippen molar-refractivity contribution in [2.45, 2.75) is 40.5 Å². The van der Waals surface area contributed by atoms with Crippen LogP contribution in [0.3, 0.4) is 0 Å². The Morgan fingerprint density at radius 3 is 1.16 bits per heavy atom. The van der Waals surface area contributed by atoms with Crippen LogP contribution in [0.2, 0.25) is 0 Å². The summed E-state index contributed by atoms with van der Waals surface area (Å²) in [6.45, 7) is 8.08. The predicted molar refractivity (Wildman–Crippen MR) is 118 cm³/mol. The Morgan fingerprint density at radius 2 is 0.938 bits per heavy atom. The van der Waals surface area contributed by atoms with Gasteiger partial charge in [-0.1, -0.05) is 52.0 Å². The first-order valence-corrected chi connectivity index (χ1v) is 9.78. The van der Waals surface area contributed by atoms with E-state index in [2.05, 4.69) is 0 Å². The van der Waals surface area contributed by atoms with Crippen LogP contribution in [0.1, 0.15) is 59.5 Å². The quantitative estimate of drug-likeness (QED) is 0.361. The van der Waals surface area contributed by atoms with E-state index in [-0.39, 0.29) is 22.6 Å². The van der Waals surface area contributed by atoms with E-state index in [1.807, 2.05) is 27.7 Å². The van der Waals surface area contributed by atoms with Crippen molar-refractivity contribution >= 4 is 18.1 Å². The Morgan fingerprint density at radius 1 is 0.656 bits per heavy atom. The molecule has 176 valence electrons. The summed E-state index contributed by atoms with van der Waals surface area (Å²) in [5.41, 5.74) is 1.34. The van der Waals surface area contributed by atoms with E-state index in [0.717, 1.165) is 0 Å². The number of carboxylic acid groups (broad SMARTS) is 4. The first kappa shape index (κ1) is 28.2. The molecule has 0 saturated heterocycles. The van der Waals surface area contributed by atoms with Gasteiger partial charge >= 0.3 is 18.1 Å². The minimum atomic E-state index is -1.83. The van der Waals surface area contributed by atoms with Gasteiger partial charge in [0.05, 0.1) is 0 Å². The molecule has 0 fully saturated rings. The highest BCUT2D eigenvalue weighted by molar-refractivity contribution is 5.91. The lowest BCUT2D eigenvalue weighted by molar-refractivity contribution is 0.0682. The zero-order valence-electron chi connectivity index (χ0n) is 18.4. The molecule has 9 heteroatoms. The molecule has 0 radical (unpaired) electrons. The third-order valence-corrected chi connectivity index (χ3v) is 3.96. The van der Waals surface area contributed by atoms with Crippen molar-refractivity contribution in [2.24, 2.45) is 11.8 Å². The van der Waals surface area contributed by atoms with Gasteiger partial charge in [0.25, 0.3) is 0 Å². The fourth-order valence-electron chi connectivity index (χ4n) is 2.74. The summed E-state index contributed by atoms with van der Waals surface area (Å²) < 4.78 is 0. The van der Waals surface area contributed by atoms with Crippen molar-refractivity contribution in [3.63, 3.8) is 0 Å². The van der Waals surface area contributed by atoms with Gasteiger partial charge in [0.15, 0.2) is 0 Å². The minimum absolute atomic E-state index is 0.0249. The predicted octanol–water partition coefficient (Wildman–Crippen LogP) is 4.80. The first-order chi connectivity index (χ1) is 14.8. The van der Waals surface area contributed by atoms with Crippen LogP contribution in [-0.2, 0) is 12.8 Å². The number of para-hydroxylation sites is 2. The van der Waals surface area contributed by atoms with Crippen LogP contribution >= 0.6 is 0 Å². The summed E-state index contributed by atoms with van der Waals surface area (Å²) in [5.74, 6) is -1.60. The maximum atomic E-state index is 10.7. The standard InChI is InChI=1S/2C11H14O3.CH2O3/c2*1-7(2)6-8-4-3-5-9(10(8)12)11(13)14;2-1(3)4/h2*3-5,7,12H,6H2,1-2H3,(H,13,14);(H2,2,3,4). The van der Waals surface area contributed by atoms with E-state index in [1.165, 1.54) is 12.1 Å². The molecule has 0 bridgehead atoms. The van der Waals surface area contributed by atoms with Gasteiger partial charge < -0.3 is 30.6 Å². The lowest BCUT2D eigenvalue weighted by atomic mass is 10.00. The van der Waals surface area contributed by atoms with E-state index in [0.29, 0.717) is 35.8 Å². The first-order valence-electron chi connectivity index (χ1n) is 9.78. The zero-order chi connectivity index (χ0) is 25.0. The number of rotatable bonds is 6. The molecule has 2 rings (SSSR count). The Kier molecular flexibility index (Phi) is 11.9. The second kappa shape index (κ2) is 13.5. The highest BCUT2D eigenvalue weighted by atomic mass is 16.6. The van der Waals surface area contributed by atoms with Gasteiger partial charge in [0.1, 0.15) is 22.6 Å². The van der Waals surface area contributed by atoms with Gasteiger partial charge in [-0.3, -0.25) is 0 Å². The topological polar surface area (TPSA) is 173 Å². The fraction of sp³-hybridized carbons (Fsp3) is 0.348. The largest absolute Gasteiger partial charge is 0.507 e. The van der Waals surface area contributed by atoms with E-state index in [1.54, 1.807) is 24.3 Å². The van der Waals surface area contributed by atoms with E-state index in [4.69, 9.17) is 25.2 Å². The molecule has 0 aliphatic rings. The van der Waals surface area contributed by atoms with Crippen LogP contribution in [0.5, 0.6) is 11.5 Å². The number of hydrogen-bond acceptors (Lipinski definition) is 5. The second-order valence-electron chi connectivity index (χ2n) is 7.72. The summed E-state index contributed by atoms with van der Waals surface area (Å²) in [6.07, 6.45) is -0.458. The lowest BCUT2D eigenvalue weighted by Gasteiger charge is -2.08. The highest BCUT2D eigenvalue weighted by Crippen LogP contribution is 2.25. The van der Waals surface area contributed by atoms with Crippen LogP contribution in [0.4, 0.5) is 4.79 Å². The smallest absolute Gasteiger partial charge is 0.503 e. The van der Waals surface area contributed by atoms with Crippen molar-refractivity contribution in [3.05, 3.63) is 58.7 Å². The molecule has 0 heterocycles. The van der Waals surface area contributed by atoms with Gasteiger partial charge in [0.2, 0.25) is 0 Å². The molecule has 6 N–H and O–H groups in total.